The van der Waals surface area contributed by atoms with E-state index in [0.717, 1.165) is 0 Å². The summed E-state index contributed by atoms with van der Waals surface area (Å²) in [6.07, 6.45) is 0. The maximum absolute atomic E-state index is 3.04. The molecule has 17 rings (SSSR count). The summed E-state index contributed by atoms with van der Waals surface area (Å²) in [5, 5.41) is 20.6. The summed E-state index contributed by atoms with van der Waals surface area (Å²) < 4.78 is 5.10. The number of rotatable bonds is 9. The monoisotopic (exact) mass is 1110 g/mol. The second-order valence-electron chi connectivity index (χ2n) is 22.7. The molecule has 17 aromatic rings. The van der Waals surface area contributed by atoms with Gasteiger partial charge in [0.05, 0.1) is 11.0 Å². The average Bonchev–Trinajstić information content (AvgIpc) is 2.22. The van der Waals surface area contributed by atoms with Crippen LogP contribution in [0.25, 0.3) is 135 Å². The number of fused-ring (bicyclic) bond motifs is 11. The topological polar surface area (TPSA) is 4.93 Å². The third-order valence-electron chi connectivity index (χ3n) is 18.1. The molecule has 0 saturated heterocycles. The molecule has 0 N–H and O–H groups in total. The summed E-state index contributed by atoms with van der Waals surface area (Å²) in [4.78, 5) is 0. The molecule has 0 bridgehead atoms. The van der Waals surface area contributed by atoms with Crippen LogP contribution in [0.1, 0.15) is 0 Å². The van der Waals surface area contributed by atoms with Crippen molar-refractivity contribution in [2.75, 3.05) is 0 Å². The van der Waals surface area contributed by atoms with Crippen molar-refractivity contribution in [3.05, 3.63) is 322 Å². The van der Waals surface area contributed by atoms with E-state index in [1.165, 1.54) is 156 Å². The van der Waals surface area contributed by atoms with E-state index in [0.29, 0.717) is 0 Å². The Morgan fingerprint density at radius 1 is 0.247 bits per heavy atom. The minimum absolute atomic E-state index is 1.17. The van der Waals surface area contributed by atoms with Crippen molar-refractivity contribution in [2.45, 2.75) is 0 Å². The Bertz CT molecular complexity index is 5410. The van der Waals surface area contributed by atoms with Crippen LogP contribution in [0.2, 0.25) is 0 Å². The van der Waals surface area contributed by atoms with Crippen molar-refractivity contribution in [2.24, 2.45) is 0 Å². The van der Waals surface area contributed by atoms with Crippen LogP contribution in [0.3, 0.4) is 0 Å². The van der Waals surface area contributed by atoms with Gasteiger partial charge in [0.25, 0.3) is 0 Å². The molecule has 0 aliphatic rings. The molecule has 0 atom stereocenters. The van der Waals surface area contributed by atoms with Gasteiger partial charge in [-0.15, -0.1) is 11.3 Å². The number of benzene rings is 15. The molecule has 0 saturated carbocycles. The van der Waals surface area contributed by atoms with Crippen LogP contribution >= 0.6 is 11.3 Å². The summed E-state index contributed by atoms with van der Waals surface area (Å²) in [5.41, 5.74) is 13.4. The SMILES string of the molecule is c1ccc([Si](c2ccccc2)(c2cccc(-n3c4ccccc4c4ccccc43)c2)c2cccc3c2sc2cc(-c4cc(-c5ccc6cc(-c7cccc(-c8cc9ccccc9c9ccccc89)c7)ccc6c5)cc5ccccc45)ccc23)cc1. The summed E-state index contributed by atoms with van der Waals surface area (Å²) in [5.74, 6) is 0. The van der Waals surface area contributed by atoms with Crippen LogP contribution in [0, 0.1) is 0 Å². The van der Waals surface area contributed by atoms with Crippen molar-refractivity contribution in [3.8, 4) is 50.2 Å². The quantitative estimate of drug-likeness (QED) is 0.0771. The number of aromatic nitrogens is 1. The first-order chi connectivity index (χ1) is 42.1. The molecule has 0 radical (unpaired) electrons. The molecule has 2 aromatic heterocycles. The number of para-hydroxylation sites is 2. The molecule has 3 heteroatoms. The van der Waals surface area contributed by atoms with Crippen LogP contribution in [-0.2, 0) is 0 Å². The van der Waals surface area contributed by atoms with Gasteiger partial charge in [-0.05, 0) is 175 Å². The van der Waals surface area contributed by atoms with E-state index >= 15 is 0 Å². The van der Waals surface area contributed by atoms with E-state index in [1.54, 1.807) is 0 Å². The lowest BCUT2D eigenvalue weighted by Gasteiger charge is -2.35. The molecule has 0 unspecified atom stereocenters. The van der Waals surface area contributed by atoms with Crippen molar-refractivity contribution in [1.29, 1.82) is 0 Å². The highest BCUT2D eigenvalue weighted by Gasteiger charge is 2.43. The van der Waals surface area contributed by atoms with Gasteiger partial charge in [0.15, 0.2) is 8.07 Å². The second kappa shape index (κ2) is 19.9. The summed E-state index contributed by atoms with van der Waals surface area (Å²) in [6.45, 7) is 0. The lowest BCUT2D eigenvalue weighted by Crippen LogP contribution is -2.74. The van der Waals surface area contributed by atoms with Crippen LogP contribution in [-0.4, -0.2) is 12.6 Å². The van der Waals surface area contributed by atoms with Gasteiger partial charge in [-0.3, -0.25) is 0 Å². The first kappa shape index (κ1) is 49.2. The molecular weight excluding hydrogens is 1060 g/mol. The third-order valence-corrected chi connectivity index (χ3v) is 24.2. The van der Waals surface area contributed by atoms with E-state index in [9.17, 15) is 0 Å². The average molecular weight is 1110 g/mol. The Kier molecular flexibility index (Phi) is 11.5. The number of hydrogen-bond donors (Lipinski definition) is 0. The van der Waals surface area contributed by atoms with Gasteiger partial charge in [0.2, 0.25) is 0 Å². The van der Waals surface area contributed by atoms with E-state index in [4.69, 9.17) is 0 Å². The maximum Gasteiger partial charge on any atom is 0.181 e. The van der Waals surface area contributed by atoms with Gasteiger partial charge in [0, 0.05) is 36.6 Å². The van der Waals surface area contributed by atoms with Crippen LogP contribution < -0.4 is 20.7 Å². The Morgan fingerprint density at radius 2 is 0.741 bits per heavy atom. The molecule has 0 aliphatic carbocycles. The molecule has 1 nitrogen and oxygen atoms in total. The fourth-order valence-electron chi connectivity index (χ4n) is 14.2. The van der Waals surface area contributed by atoms with Crippen LogP contribution in [0.15, 0.2) is 322 Å². The molecule has 15 aromatic carbocycles. The number of nitrogens with zero attached hydrogens (tertiary/aromatic N) is 1. The predicted molar refractivity (Wildman–Crippen MR) is 369 cm³/mol. The van der Waals surface area contributed by atoms with Gasteiger partial charge in [-0.2, -0.15) is 0 Å². The fraction of sp³-hybridized carbons (Fsp3) is 0. The lowest BCUT2D eigenvalue weighted by molar-refractivity contribution is 1.18. The zero-order chi connectivity index (χ0) is 56.0. The van der Waals surface area contributed by atoms with E-state index in [2.05, 4.69) is 326 Å². The lowest BCUT2D eigenvalue weighted by atomic mass is 9.91. The minimum atomic E-state index is -3.04. The smallest absolute Gasteiger partial charge is 0.181 e. The zero-order valence-corrected chi connectivity index (χ0v) is 48.3. The summed E-state index contributed by atoms with van der Waals surface area (Å²) in [7, 11) is -3.04. The van der Waals surface area contributed by atoms with E-state index < -0.39 is 8.07 Å². The largest absolute Gasteiger partial charge is 0.309 e. The Labute approximate surface area is 498 Å². The number of thiophene rings is 1. The van der Waals surface area contributed by atoms with Crippen LogP contribution in [0.5, 0.6) is 0 Å². The van der Waals surface area contributed by atoms with Crippen molar-refractivity contribution < 1.29 is 0 Å². The molecule has 85 heavy (non-hydrogen) atoms. The zero-order valence-electron chi connectivity index (χ0n) is 46.5. The maximum atomic E-state index is 2.51. The van der Waals surface area contributed by atoms with Crippen molar-refractivity contribution >= 4 is 125 Å². The Balaban J connectivity index is 0.774. The molecule has 0 spiro atoms. The van der Waals surface area contributed by atoms with Gasteiger partial charge in [0.1, 0.15) is 0 Å². The van der Waals surface area contributed by atoms with Crippen molar-refractivity contribution in [1.82, 2.24) is 4.57 Å². The first-order valence-corrected chi connectivity index (χ1v) is 32.2. The highest BCUT2D eigenvalue weighted by Crippen LogP contribution is 2.42. The Morgan fingerprint density at radius 3 is 1.46 bits per heavy atom. The van der Waals surface area contributed by atoms with Gasteiger partial charge in [-0.25, -0.2) is 0 Å². The van der Waals surface area contributed by atoms with E-state index in [1.807, 2.05) is 11.3 Å². The second-order valence-corrected chi connectivity index (χ2v) is 27.5. The van der Waals surface area contributed by atoms with Crippen LogP contribution in [0.4, 0.5) is 0 Å². The Hall–Kier alpha value is -10.4. The molecule has 396 valence electrons. The summed E-state index contributed by atoms with van der Waals surface area (Å²) >= 11 is 1.95. The molecule has 0 fully saturated rings. The standard InChI is InChI=1S/C82H53NSSi/c1-3-25-65(26-4-1)85(66-27-5-2-6-28-66,67-29-18-24-64(53-67)83-78-37-15-13-34-72(78)73-35-14-16-38-79(73)83)81-39-19-36-75-74-45-44-62(52-80(74)84-82(75)81)76-51-63(49-59-20-7-10-31-69(59)76)58-43-42-56-46-55(40-41-57(56)47-58)54-22-17-23-60(48-54)77-50-61-21-8-9-30-68(61)70-32-11-12-33-71(70)77/h1-53H. The predicted octanol–water partition coefficient (Wildman–Crippen LogP) is 19.8. The highest BCUT2D eigenvalue weighted by atomic mass is 32.1. The summed E-state index contributed by atoms with van der Waals surface area (Å²) in [6, 6.07) is 121. The molecule has 2 heterocycles. The first-order valence-electron chi connectivity index (χ1n) is 29.4. The van der Waals surface area contributed by atoms with Crippen molar-refractivity contribution in [3.63, 3.8) is 0 Å². The molecule has 0 aliphatic heterocycles. The van der Waals surface area contributed by atoms with Gasteiger partial charge in [-0.1, -0.05) is 255 Å². The fourth-order valence-corrected chi connectivity index (χ4v) is 20.8. The molecular formula is C82H53NSSi. The minimum Gasteiger partial charge on any atom is -0.309 e. The van der Waals surface area contributed by atoms with E-state index in [-0.39, 0.29) is 0 Å². The van der Waals surface area contributed by atoms with Gasteiger partial charge >= 0.3 is 0 Å². The molecule has 0 amide bonds. The highest BCUT2D eigenvalue weighted by molar-refractivity contribution is 7.30. The third kappa shape index (κ3) is 7.96. The normalized spacial score (nSPS) is 12.0. The van der Waals surface area contributed by atoms with Gasteiger partial charge < -0.3 is 4.57 Å². The number of hydrogen-bond acceptors (Lipinski definition) is 1.